The maximum Gasteiger partial charge on any atom is 0.341 e. The van der Waals surface area contributed by atoms with Gasteiger partial charge in [0.1, 0.15) is 5.00 Å². The number of piperidine rings is 1. The highest BCUT2D eigenvalue weighted by molar-refractivity contribution is 7.19. The van der Waals surface area contributed by atoms with Crippen LogP contribution in [-0.4, -0.2) is 48.9 Å². The molecule has 184 valence electrons. The smallest absolute Gasteiger partial charge is 0.341 e. The van der Waals surface area contributed by atoms with Gasteiger partial charge in [-0.1, -0.05) is 31.5 Å². The van der Waals surface area contributed by atoms with Crippen molar-refractivity contribution in [3.8, 4) is 0 Å². The van der Waals surface area contributed by atoms with E-state index in [0.717, 1.165) is 42.0 Å². The fraction of sp³-hybridized carbons (Fsp3) is 0.500. The zero-order chi connectivity index (χ0) is 25.0. The summed E-state index contributed by atoms with van der Waals surface area (Å²) < 4.78 is 5.23. The molecule has 2 N–H and O–H groups in total. The summed E-state index contributed by atoms with van der Waals surface area (Å²) in [6, 6.07) is 5.79. The number of thiophene rings is 1. The Morgan fingerprint density at radius 1 is 1.09 bits per heavy atom. The molecule has 2 atom stereocenters. The van der Waals surface area contributed by atoms with Crippen molar-refractivity contribution in [1.29, 1.82) is 0 Å². The van der Waals surface area contributed by atoms with Gasteiger partial charge in [0.15, 0.2) is 0 Å². The Morgan fingerprint density at radius 2 is 1.76 bits per heavy atom. The second kappa shape index (κ2) is 11.1. The molecule has 7 nitrogen and oxygen atoms in total. The van der Waals surface area contributed by atoms with E-state index >= 15 is 0 Å². The molecule has 1 fully saturated rings. The minimum atomic E-state index is -0.544. The molecule has 1 aromatic carbocycles. The third-order valence-electron chi connectivity index (χ3n) is 6.03. The number of anilines is 2. The van der Waals surface area contributed by atoms with Crippen molar-refractivity contribution >= 4 is 39.8 Å². The highest BCUT2D eigenvalue weighted by atomic mass is 32.1. The third-order valence-corrected chi connectivity index (χ3v) is 7.23. The Balaban J connectivity index is 1.83. The monoisotopic (exact) mass is 485 g/mol. The summed E-state index contributed by atoms with van der Waals surface area (Å²) in [4.78, 5) is 41.2. The molecule has 2 heterocycles. The number of carbonyl (C=O) groups is 3. The van der Waals surface area contributed by atoms with Gasteiger partial charge in [0, 0.05) is 18.8 Å². The van der Waals surface area contributed by atoms with Crippen LogP contribution in [0.4, 0.5) is 10.7 Å². The molecule has 1 aliphatic heterocycles. The maximum atomic E-state index is 13.1. The molecule has 0 saturated carbocycles. The number of nitrogens with one attached hydrogen (secondary N) is 2. The SMILES string of the molecule is CCOC(=O)c1c(NC(=O)CN2C[C@@H](C)C[C@H](C)C2)sc(C(=O)Nc2ccc(C)cc2C)c1C. The minimum Gasteiger partial charge on any atom is -0.462 e. The van der Waals surface area contributed by atoms with Crippen LogP contribution >= 0.6 is 11.3 Å². The summed E-state index contributed by atoms with van der Waals surface area (Å²) in [6.07, 6.45) is 1.16. The number of hydrogen-bond acceptors (Lipinski definition) is 6. The number of amides is 2. The second-order valence-corrected chi connectivity index (χ2v) is 10.5. The van der Waals surface area contributed by atoms with Crippen LogP contribution in [0, 0.1) is 32.6 Å². The largest absolute Gasteiger partial charge is 0.462 e. The molecule has 0 spiro atoms. The summed E-state index contributed by atoms with van der Waals surface area (Å²) in [5.41, 5.74) is 3.51. The summed E-state index contributed by atoms with van der Waals surface area (Å²) in [7, 11) is 0. The summed E-state index contributed by atoms with van der Waals surface area (Å²) in [5.74, 6) is 0.0123. The Morgan fingerprint density at radius 3 is 2.38 bits per heavy atom. The molecular weight excluding hydrogens is 450 g/mol. The van der Waals surface area contributed by atoms with Crippen LogP contribution < -0.4 is 10.6 Å². The number of aryl methyl sites for hydroxylation is 2. The van der Waals surface area contributed by atoms with Crippen LogP contribution in [0.2, 0.25) is 0 Å². The number of nitrogens with zero attached hydrogens (tertiary/aromatic N) is 1. The van der Waals surface area contributed by atoms with E-state index in [2.05, 4.69) is 29.4 Å². The lowest BCUT2D eigenvalue weighted by molar-refractivity contribution is -0.117. The number of hydrogen-bond donors (Lipinski definition) is 2. The lowest BCUT2D eigenvalue weighted by atomic mass is 9.92. The van der Waals surface area contributed by atoms with Crippen molar-refractivity contribution in [2.75, 3.05) is 36.9 Å². The molecule has 34 heavy (non-hydrogen) atoms. The van der Waals surface area contributed by atoms with E-state index in [9.17, 15) is 14.4 Å². The molecule has 1 aromatic heterocycles. The molecule has 0 bridgehead atoms. The highest BCUT2D eigenvalue weighted by Gasteiger charge is 2.28. The van der Waals surface area contributed by atoms with Crippen LogP contribution in [0.3, 0.4) is 0 Å². The number of ether oxygens (including phenoxy) is 1. The van der Waals surface area contributed by atoms with Gasteiger partial charge in [-0.05, 0) is 63.1 Å². The topological polar surface area (TPSA) is 87.7 Å². The summed E-state index contributed by atoms with van der Waals surface area (Å²) in [5, 5.41) is 6.17. The summed E-state index contributed by atoms with van der Waals surface area (Å²) >= 11 is 1.10. The molecular formula is C26H35N3O4S. The standard InChI is InChI=1S/C26H35N3O4S/c1-7-33-26(32)22-19(6)23(24(31)27-20-9-8-15(2)11-18(20)5)34-25(22)28-21(30)14-29-12-16(3)10-17(4)13-29/h8-9,11,16-17H,7,10,12-14H2,1-6H3,(H,27,31)(H,28,30)/t16-,17-/m0/s1. The predicted molar refractivity (Wildman–Crippen MR) is 137 cm³/mol. The van der Waals surface area contributed by atoms with E-state index in [4.69, 9.17) is 4.74 Å². The zero-order valence-corrected chi connectivity index (χ0v) is 21.7. The van der Waals surface area contributed by atoms with Crippen molar-refractivity contribution < 1.29 is 19.1 Å². The molecule has 8 heteroatoms. The van der Waals surface area contributed by atoms with Gasteiger partial charge in [0.05, 0.1) is 23.6 Å². The fourth-order valence-electron chi connectivity index (χ4n) is 4.69. The van der Waals surface area contributed by atoms with E-state index < -0.39 is 5.97 Å². The van der Waals surface area contributed by atoms with Gasteiger partial charge >= 0.3 is 5.97 Å². The molecule has 0 aliphatic carbocycles. The van der Waals surface area contributed by atoms with Crippen molar-refractivity contribution in [3.05, 3.63) is 45.3 Å². The predicted octanol–water partition coefficient (Wildman–Crippen LogP) is 5.02. The first-order valence-electron chi connectivity index (χ1n) is 11.8. The van der Waals surface area contributed by atoms with E-state index in [0.29, 0.717) is 33.0 Å². The number of likely N-dealkylation sites (tertiary alicyclic amines) is 1. The van der Waals surface area contributed by atoms with Crippen LogP contribution in [0.15, 0.2) is 18.2 Å². The van der Waals surface area contributed by atoms with Crippen LogP contribution in [-0.2, 0) is 9.53 Å². The van der Waals surface area contributed by atoms with Crippen LogP contribution in [0.5, 0.6) is 0 Å². The van der Waals surface area contributed by atoms with Gasteiger partial charge in [-0.2, -0.15) is 0 Å². The lowest BCUT2D eigenvalue weighted by Gasteiger charge is -2.34. The van der Waals surface area contributed by atoms with Gasteiger partial charge in [-0.25, -0.2) is 4.79 Å². The summed E-state index contributed by atoms with van der Waals surface area (Å²) in [6.45, 7) is 14.0. The first kappa shape index (κ1) is 25.9. The molecule has 1 saturated heterocycles. The number of esters is 1. The lowest BCUT2D eigenvalue weighted by Crippen LogP contribution is -2.42. The second-order valence-electron chi connectivity index (χ2n) is 9.44. The van der Waals surface area contributed by atoms with Gasteiger partial charge in [0.25, 0.3) is 5.91 Å². The van der Waals surface area contributed by atoms with Crippen LogP contribution in [0.25, 0.3) is 0 Å². The molecule has 0 unspecified atom stereocenters. The van der Waals surface area contributed by atoms with Gasteiger partial charge in [-0.3, -0.25) is 14.5 Å². The van der Waals surface area contributed by atoms with E-state index in [1.54, 1.807) is 13.8 Å². The highest BCUT2D eigenvalue weighted by Crippen LogP contribution is 2.35. The van der Waals surface area contributed by atoms with E-state index in [1.807, 2.05) is 32.0 Å². The average Bonchev–Trinajstić information content (AvgIpc) is 3.05. The van der Waals surface area contributed by atoms with E-state index in [-0.39, 0.29) is 30.5 Å². The first-order valence-corrected chi connectivity index (χ1v) is 12.6. The molecule has 0 radical (unpaired) electrons. The molecule has 1 aliphatic rings. The number of rotatable bonds is 7. The third kappa shape index (κ3) is 6.24. The van der Waals surface area contributed by atoms with Crippen molar-refractivity contribution in [1.82, 2.24) is 4.90 Å². The van der Waals surface area contributed by atoms with Crippen molar-refractivity contribution in [2.45, 2.75) is 48.0 Å². The number of benzene rings is 1. The fourth-order valence-corrected chi connectivity index (χ4v) is 5.80. The first-order chi connectivity index (χ1) is 16.1. The Hall–Kier alpha value is -2.71. The zero-order valence-electron chi connectivity index (χ0n) is 20.9. The Bertz CT molecular complexity index is 1070. The quantitative estimate of drug-likeness (QED) is 0.538. The molecule has 3 rings (SSSR count). The number of carbonyl (C=O) groups excluding carboxylic acids is 3. The Labute approximate surface area is 205 Å². The normalized spacial score (nSPS) is 18.4. The van der Waals surface area contributed by atoms with Gasteiger partial charge in [-0.15, -0.1) is 11.3 Å². The minimum absolute atomic E-state index is 0.200. The molecule has 2 aromatic rings. The Kier molecular flexibility index (Phi) is 8.49. The molecule has 2 amide bonds. The maximum absolute atomic E-state index is 13.1. The van der Waals surface area contributed by atoms with Crippen molar-refractivity contribution in [2.24, 2.45) is 11.8 Å². The van der Waals surface area contributed by atoms with Crippen LogP contribution in [0.1, 0.15) is 63.9 Å². The average molecular weight is 486 g/mol. The van der Waals surface area contributed by atoms with E-state index in [1.165, 1.54) is 0 Å². The van der Waals surface area contributed by atoms with Gasteiger partial charge in [0.2, 0.25) is 5.91 Å². The van der Waals surface area contributed by atoms with Gasteiger partial charge < -0.3 is 15.4 Å². The van der Waals surface area contributed by atoms with Crippen molar-refractivity contribution in [3.63, 3.8) is 0 Å².